The molecule has 3 aromatic carbocycles. The van der Waals surface area contributed by atoms with Gasteiger partial charge >= 0.3 is 0 Å². The van der Waals surface area contributed by atoms with Crippen LogP contribution in [0.1, 0.15) is 11.1 Å². The van der Waals surface area contributed by atoms with Crippen LogP contribution in [0.5, 0.6) is 0 Å². The third kappa shape index (κ3) is 3.80. The quantitative estimate of drug-likeness (QED) is 0.660. The topological polar surface area (TPSA) is 15.6 Å². The highest BCUT2D eigenvalue weighted by atomic mass is 15.3. The minimum absolute atomic E-state index is 0.307. The monoisotopic (exact) mass is 326 g/mol. The van der Waals surface area contributed by atoms with Crippen LogP contribution in [0.3, 0.4) is 0 Å². The van der Waals surface area contributed by atoms with Gasteiger partial charge in [-0.25, -0.2) is 0 Å². The fourth-order valence-corrected chi connectivity index (χ4v) is 3.42. The standard InChI is InChI=1S/C23H22N2/c1-4-10-19(11-5-1)16-21-18-25(22-14-8-3-9-15-22)23(24-21)17-20-12-6-2-7-13-20/h1-15,21H,16-18H2. The molecule has 4 rings (SSSR count). The first kappa shape index (κ1) is 15.6. The minimum Gasteiger partial charge on any atom is -0.328 e. The van der Waals surface area contributed by atoms with Gasteiger partial charge in [0.05, 0.1) is 6.04 Å². The van der Waals surface area contributed by atoms with Gasteiger partial charge in [-0.05, 0) is 29.7 Å². The number of amidine groups is 1. The molecule has 0 aromatic heterocycles. The molecule has 124 valence electrons. The highest BCUT2D eigenvalue weighted by molar-refractivity contribution is 6.00. The number of nitrogens with zero attached hydrogens (tertiary/aromatic N) is 2. The smallest absolute Gasteiger partial charge is 0.108 e. The lowest BCUT2D eigenvalue weighted by molar-refractivity contribution is 0.714. The molecule has 0 spiro atoms. The third-order valence-corrected chi connectivity index (χ3v) is 4.62. The highest BCUT2D eigenvalue weighted by Gasteiger charge is 2.26. The molecule has 0 aliphatic carbocycles. The first-order valence-electron chi connectivity index (χ1n) is 8.85. The van der Waals surface area contributed by atoms with Crippen molar-refractivity contribution in [1.82, 2.24) is 0 Å². The summed E-state index contributed by atoms with van der Waals surface area (Å²) >= 11 is 0. The van der Waals surface area contributed by atoms with E-state index in [0.29, 0.717) is 6.04 Å². The van der Waals surface area contributed by atoms with Gasteiger partial charge in [-0.3, -0.25) is 4.99 Å². The summed E-state index contributed by atoms with van der Waals surface area (Å²) in [6, 6.07) is 32.2. The Balaban J connectivity index is 1.59. The van der Waals surface area contributed by atoms with Crippen LogP contribution < -0.4 is 4.90 Å². The van der Waals surface area contributed by atoms with Crippen LogP contribution in [0, 0.1) is 0 Å². The normalized spacial score (nSPS) is 16.7. The molecule has 0 N–H and O–H groups in total. The average molecular weight is 326 g/mol. The van der Waals surface area contributed by atoms with E-state index in [1.165, 1.54) is 22.6 Å². The van der Waals surface area contributed by atoms with Gasteiger partial charge in [0.15, 0.2) is 0 Å². The van der Waals surface area contributed by atoms with Crippen molar-refractivity contribution in [3.63, 3.8) is 0 Å². The van der Waals surface area contributed by atoms with Gasteiger partial charge in [-0.1, -0.05) is 78.9 Å². The molecule has 1 heterocycles. The Morgan fingerprint density at radius 3 is 1.92 bits per heavy atom. The van der Waals surface area contributed by atoms with Crippen LogP contribution in [-0.2, 0) is 12.8 Å². The molecular formula is C23H22N2. The first-order chi connectivity index (χ1) is 12.4. The summed E-state index contributed by atoms with van der Waals surface area (Å²) in [7, 11) is 0. The fourth-order valence-electron chi connectivity index (χ4n) is 3.42. The summed E-state index contributed by atoms with van der Waals surface area (Å²) in [5.74, 6) is 1.17. The Kier molecular flexibility index (Phi) is 4.60. The maximum Gasteiger partial charge on any atom is 0.108 e. The van der Waals surface area contributed by atoms with E-state index in [1.807, 2.05) is 0 Å². The molecule has 0 saturated heterocycles. The van der Waals surface area contributed by atoms with E-state index in [4.69, 9.17) is 4.99 Å². The van der Waals surface area contributed by atoms with Gasteiger partial charge in [0.25, 0.3) is 0 Å². The van der Waals surface area contributed by atoms with Crippen LogP contribution in [0.4, 0.5) is 5.69 Å². The second kappa shape index (κ2) is 7.35. The lowest BCUT2D eigenvalue weighted by atomic mass is 10.1. The molecule has 1 aliphatic heterocycles. The maximum absolute atomic E-state index is 5.08. The zero-order valence-electron chi connectivity index (χ0n) is 14.3. The van der Waals surface area contributed by atoms with Crippen molar-refractivity contribution < 1.29 is 0 Å². The summed E-state index contributed by atoms with van der Waals surface area (Å²) in [6.07, 6.45) is 1.86. The van der Waals surface area contributed by atoms with E-state index >= 15 is 0 Å². The Morgan fingerprint density at radius 1 is 0.720 bits per heavy atom. The average Bonchev–Trinajstić information content (AvgIpc) is 3.06. The van der Waals surface area contributed by atoms with Crippen molar-refractivity contribution in [1.29, 1.82) is 0 Å². The van der Waals surface area contributed by atoms with Gasteiger partial charge in [0.2, 0.25) is 0 Å². The van der Waals surface area contributed by atoms with E-state index in [0.717, 1.165) is 19.4 Å². The summed E-state index contributed by atoms with van der Waals surface area (Å²) in [6.45, 7) is 0.946. The molecule has 25 heavy (non-hydrogen) atoms. The van der Waals surface area contributed by atoms with Crippen LogP contribution in [0.15, 0.2) is 96.0 Å². The van der Waals surface area contributed by atoms with Gasteiger partial charge in [0, 0.05) is 18.7 Å². The number of aliphatic imine (C=N–C) groups is 1. The molecule has 0 fully saturated rings. The second-order valence-electron chi connectivity index (χ2n) is 6.50. The van der Waals surface area contributed by atoms with Crippen molar-refractivity contribution in [3.8, 4) is 0 Å². The summed E-state index contributed by atoms with van der Waals surface area (Å²) in [4.78, 5) is 7.45. The number of para-hydroxylation sites is 1. The Bertz CT molecular complexity index is 826. The zero-order valence-corrected chi connectivity index (χ0v) is 14.3. The second-order valence-corrected chi connectivity index (χ2v) is 6.50. The molecule has 1 unspecified atom stereocenters. The summed E-state index contributed by atoms with van der Waals surface area (Å²) in [5, 5.41) is 0. The van der Waals surface area contributed by atoms with E-state index in [1.54, 1.807) is 0 Å². The largest absolute Gasteiger partial charge is 0.328 e. The van der Waals surface area contributed by atoms with Crippen molar-refractivity contribution in [2.45, 2.75) is 18.9 Å². The van der Waals surface area contributed by atoms with Gasteiger partial charge in [-0.2, -0.15) is 0 Å². The molecule has 0 amide bonds. The summed E-state index contributed by atoms with van der Waals surface area (Å²) in [5.41, 5.74) is 3.89. The number of hydrogen-bond donors (Lipinski definition) is 0. The van der Waals surface area contributed by atoms with Crippen LogP contribution >= 0.6 is 0 Å². The molecule has 1 aliphatic rings. The number of benzene rings is 3. The number of anilines is 1. The molecule has 3 aromatic rings. The lowest BCUT2D eigenvalue weighted by Gasteiger charge is -2.21. The molecule has 2 nitrogen and oxygen atoms in total. The maximum atomic E-state index is 5.08. The Labute approximate surface area is 149 Å². The van der Waals surface area contributed by atoms with E-state index in [9.17, 15) is 0 Å². The Morgan fingerprint density at radius 2 is 1.28 bits per heavy atom. The van der Waals surface area contributed by atoms with Crippen molar-refractivity contribution >= 4 is 11.5 Å². The predicted molar refractivity (Wildman–Crippen MR) is 105 cm³/mol. The highest BCUT2D eigenvalue weighted by Crippen LogP contribution is 2.23. The molecule has 1 atom stereocenters. The van der Waals surface area contributed by atoms with Crippen LogP contribution in [0.25, 0.3) is 0 Å². The first-order valence-corrected chi connectivity index (χ1v) is 8.85. The Hall–Kier alpha value is -2.87. The molecule has 0 saturated carbocycles. The summed E-state index contributed by atoms with van der Waals surface area (Å²) < 4.78 is 0. The third-order valence-electron chi connectivity index (χ3n) is 4.62. The predicted octanol–water partition coefficient (Wildman–Crippen LogP) is 4.76. The molecule has 0 radical (unpaired) electrons. The van der Waals surface area contributed by atoms with Crippen molar-refractivity contribution in [2.75, 3.05) is 11.4 Å². The van der Waals surface area contributed by atoms with Crippen molar-refractivity contribution in [3.05, 3.63) is 102 Å². The molecular weight excluding hydrogens is 304 g/mol. The van der Waals surface area contributed by atoms with Crippen LogP contribution in [0.2, 0.25) is 0 Å². The van der Waals surface area contributed by atoms with Gasteiger partial charge in [0.1, 0.15) is 5.84 Å². The zero-order chi connectivity index (χ0) is 16.9. The lowest BCUT2D eigenvalue weighted by Crippen LogP contribution is -2.30. The number of hydrogen-bond acceptors (Lipinski definition) is 2. The fraction of sp³-hybridized carbons (Fsp3) is 0.174. The van der Waals surface area contributed by atoms with E-state index in [-0.39, 0.29) is 0 Å². The van der Waals surface area contributed by atoms with Crippen LogP contribution in [-0.4, -0.2) is 18.4 Å². The van der Waals surface area contributed by atoms with E-state index < -0.39 is 0 Å². The van der Waals surface area contributed by atoms with Gasteiger partial charge in [-0.15, -0.1) is 0 Å². The minimum atomic E-state index is 0.307. The van der Waals surface area contributed by atoms with Gasteiger partial charge < -0.3 is 4.90 Å². The van der Waals surface area contributed by atoms with E-state index in [2.05, 4.69) is 95.9 Å². The number of rotatable bonds is 5. The SMILES string of the molecule is c1ccc(CC2=NC(Cc3ccccc3)CN2c2ccccc2)cc1. The molecule has 0 bridgehead atoms. The van der Waals surface area contributed by atoms with Crippen molar-refractivity contribution in [2.24, 2.45) is 4.99 Å². The molecule has 2 heteroatoms.